The van der Waals surface area contributed by atoms with Gasteiger partial charge in [-0.15, -0.1) is 0 Å². The van der Waals surface area contributed by atoms with Gasteiger partial charge in [0.1, 0.15) is 15.5 Å². The highest BCUT2D eigenvalue weighted by Gasteiger charge is 2.29. The zero-order chi connectivity index (χ0) is 13.9. The maximum atomic E-state index is 12.9. The Morgan fingerprint density at radius 1 is 1.67 bits per heavy atom. The molecule has 0 spiro atoms. The number of carbonyl (C=O) groups excluding carboxylic acids is 1. The van der Waals surface area contributed by atoms with Crippen LogP contribution in [0.3, 0.4) is 0 Å². The van der Waals surface area contributed by atoms with Crippen LogP contribution in [0.1, 0.15) is 17.6 Å². The average molecular weight is 372 g/mol. The highest BCUT2D eigenvalue weighted by molar-refractivity contribution is 14.1. The number of methoxy groups -OCH3 is 1. The van der Waals surface area contributed by atoms with Crippen LogP contribution in [0.2, 0.25) is 0 Å². The Bertz CT molecular complexity index is 496. The number of hydrogen-bond acceptors (Lipinski definition) is 5. The van der Waals surface area contributed by atoms with E-state index in [0.29, 0.717) is 0 Å². The molecule has 9 heteroatoms. The fourth-order valence-electron chi connectivity index (χ4n) is 1.30. The lowest BCUT2D eigenvalue weighted by Crippen LogP contribution is -2.12. The lowest BCUT2D eigenvalue weighted by molar-refractivity contribution is -0.386. The van der Waals surface area contributed by atoms with E-state index in [0.717, 1.165) is 13.3 Å². The second kappa shape index (κ2) is 5.98. The number of aromatic nitrogens is 1. The number of rotatable bonds is 4. The molecule has 0 unspecified atom stereocenters. The van der Waals surface area contributed by atoms with Crippen LogP contribution >= 0.6 is 22.6 Å². The molecule has 98 valence electrons. The molecule has 0 fully saturated rings. The summed E-state index contributed by atoms with van der Waals surface area (Å²) in [6.45, 7) is 0. The minimum absolute atomic E-state index is 0.110. The van der Waals surface area contributed by atoms with Crippen LogP contribution < -0.4 is 0 Å². The number of alkyl halides is 2. The van der Waals surface area contributed by atoms with Gasteiger partial charge >= 0.3 is 5.97 Å². The van der Waals surface area contributed by atoms with Crippen molar-refractivity contribution in [1.82, 2.24) is 4.98 Å². The number of nitro groups is 1. The highest BCUT2D eigenvalue weighted by atomic mass is 127. The van der Waals surface area contributed by atoms with Gasteiger partial charge in [0, 0.05) is 5.56 Å². The van der Waals surface area contributed by atoms with Crippen molar-refractivity contribution in [3.05, 3.63) is 31.1 Å². The van der Waals surface area contributed by atoms with Gasteiger partial charge in [-0.1, -0.05) is 0 Å². The summed E-state index contributed by atoms with van der Waals surface area (Å²) in [6, 6.07) is 0. The van der Waals surface area contributed by atoms with E-state index < -0.39 is 35.0 Å². The number of pyridine rings is 1. The Morgan fingerprint density at radius 3 is 2.72 bits per heavy atom. The van der Waals surface area contributed by atoms with Crippen LogP contribution in [-0.4, -0.2) is 23.0 Å². The Balaban J connectivity index is 3.41. The van der Waals surface area contributed by atoms with Crippen LogP contribution in [0.5, 0.6) is 0 Å². The van der Waals surface area contributed by atoms with E-state index >= 15 is 0 Å². The van der Waals surface area contributed by atoms with Gasteiger partial charge in [0.25, 0.3) is 12.1 Å². The van der Waals surface area contributed by atoms with Crippen LogP contribution in [0.15, 0.2) is 6.20 Å². The molecule has 0 atom stereocenters. The van der Waals surface area contributed by atoms with Gasteiger partial charge in [-0.2, -0.15) is 0 Å². The number of ether oxygens (including phenoxy) is 1. The van der Waals surface area contributed by atoms with E-state index in [2.05, 4.69) is 9.72 Å². The predicted molar refractivity (Wildman–Crippen MR) is 64.3 cm³/mol. The van der Waals surface area contributed by atoms with Crippen LogP contribution in [-0.2, 0) is 16.0 Å². The van der Waals surface area contributed by atoms with Gasteiger partial charge in [-0.05, 0) is 22.6 Å². The van der Waals surface area contributed by atoms with Gasteiger partial charge in [0.15, 0.2) is 0 Å². The molecular weight excluding hydrogens is 365 g/mol. The fourth-order valence-corrected chi connectivity index (χ4v) is 1.93. The topological polar surface area (TPSA) is 82.3 Å². The summed E-state index contributed by atoms with van der Waals surface area (Å²) < 4.78 is 30.3. The quantitative estimate of drug-likeness (QED) is 0.266. The molecule has 0 aliphatic heterocycles. The Hall–Kier alpha value is -1.39. The third-order valence-corrected chi connectivity index (χ3v) is 3.04. The summed E-state index contributed by atoms with van der Waals surface area (Å²) >= 11 is 1.63. The molecule has 0 amide bonds. The molecule has 0 N–H and O–H groups in total. The molecule has 0 radical (unpaired) electrons. The van der Waals surface area contributed by atoms with E-state index in [4.69, 9.17) is 0 Å². The third kappa shape index (κ3) is 3.09. The van der Waals surface area contributed by atoms with Crippen LogP contribution in [0.4, 0.5) is 14.5 Å². The molecule has 0 aromatic carbocycles. The van der Waals surface area contributed by atoms with Crippen molar-refractivity contribution < 1.29 is 23.2 Å². The summed E-state index contributed by atoms with van der Waals surface area (Å²) in [4.78, 5) is 24.5. The first-order valence-corrected chi connectivity index (χ1v) is 5.63. The smallest absolute Gasteiger partial charge is 0.310 e. The predicted octanol–water partition coefficient (Wildman–Crippen LogP) is 2.25. The highest BCUT2D eigenvalue weighted by Crippen LogP contribution is 2.33. The molecule has 1 heterocycles. The van der Waals surface area contributed by atoms with E-state index in [9.17, 15) is 23.7 Å². The maximum Gasteiger partial charge on any atom is 0.310 e. The van der Waals surface area contributed by atoms with Crippen molar-refractivity contribution >= 4 is 34.2 Å². The molecule has 1 aromatic rings. The molecular formula is C9H7F2IN2O4. The molecule has 0 aliphatic carbocycles. The van der Waals surface area contributed by atoms with Crippen molar-refractivity contribution in [1.29, 1.82) is 0 Å². The Morgan fingerprint density at radius 2 is 2.28 bits per heavy atom. The Kier molecular flexibility index (Phi) is 4.87. The third-order valence-electron chi connectivity index (χ3n) is 2.11. The number of carbonyl (C=O) groups is 1. The molecule has 1 rings (SSSR count). The van der Waals surface area contributed by atoms with Gasteiger partial charge in [-0.3, -0.25) is 14.9 Å². The summed E-state index contributed by atoms with van der Waals surface area (Å²) in [5.74, 6) is -0.767. The van der Waals surface area contributed by atoms with E-state index in [1.807, 2.05) is 0 Å². The molecule has 18 heavy (non-hydrogen) atoms. The minimum Gasteiger partial charge on any atom is -0.469 e. The van der Waals surface area contributed by atoms with Crippen molar-refractivity contribution in [3.8, 4) is 0 Å². The summed E-state index contributed by atoms with van der Waals surface area (Å²) in [6.07, 6.45) is -2.80. The molecule has 0 aliphatic rings. The van der Waals surface area contributed by atoms with Crippen LogP contribution in [0.25, 0.3) is 0 Å². The van der Waals surface area contributed by atoms with Crippen molar-refractivity contribution in [2.24, 2.45) is 0 Å². The summed E-state index contributed by atoms with van der Waals surface area (Å²) in [5, 5.41) is 10.7. The first kappa shape index (κ1) is 14.7. The summed E-state index contributed by atoms with van der Waals surface area (Å²) in [5.41, 5.74) is -1.76. The minimum atomic E-state index is -3.07. The normalized spacial score (nSPS) is 10.5. The summed E-state index contributed by atoms with van der Waals surface area (Å²) in [7, 11) is 1.10. The van der Waals surface area contributed by atoms with E-state index in [-0.39, 0.29) is 9.26 Å². The van der Waals surface area contributed by atoms with E-state index in [1.54, 1.807) is 22.6 Å². The zero-order valence-electron chi connectivity index (χ0n) is 9.02. The molecule has 1 aromatic heterocycles. The van der Waals surface area contributed by atoms with Gasteiger partial charge < -0.3 is 4.74 Å². The van der Waals surface area contributed by atoms with Gasteiger partial charge in [0.05, 0.1) is 18.5 Å². The number of esters is 1. The standard InChI is InChI=1S/C9H7F2IN2O4/c1-18-6(15)2-4-7(8(10)11)5(14(16)17)3-13-9(4)12/h3,8H,2H2,1H3. The number of halogens is 3. The monoisotopic (exact) mass is 372 g/mol. The van der Waals surface area contributed by atoms with Crippen molar-refractivity contribution in [2.45, 2.75) is 12.8 Å². The molecule has 0 saturated heterocycles. The first-order chi connectivity index (χ1) is 8.38. The number of nitrogens with zero attached hydrogens (tertiary/aromatic N) is 2. The zero-order valence-corrected chi connectivity index (χ0v) is 11.2. The van der Waals surface area contributed by atoms with Gasteiger partial charge in [0.2, 0.25) is 0 Å². The van der Waals surface area contributed by atoms with Crippen LogP contribution in [0, 0.1) is 13.8 Å². The Labute approximate surface area is 114 Å². The lowest BCUT2D eigenvalue weighted by atomic mass is 10.1. The first-order valence-electron chi connectivity index (χ1n) is 4.55. The van der Waals surface area contributed by atoms with Crippen molar-refractivity contribution in [2.75, 3.05) is 7.11 Å². The SMILES string of the molecule is COC(=O)Cc1c(I)ncc([N+](=O)[O-])c1C(F)F. The second-order valence-electron chi connectivity index (χ2n) is 3.14. The van der Waals surface area contributed by atoms with Crippen molar-refractivity contribution in [3.63, 3.8) is 0 Å². The average Bonchev–Trinajstić information content (AvgIpc) is 2.30. The van der Waals surface area contributed by atoms with E-state index in [1.165, 1.54) is 0 Å². The van der Waals surface area contributed by atoms with Gasteiger partial charge in [-0.25, -0.2) is 13.8 Å². The maximum absolute atomic E-state index is 12.9. The number of hydrogen-bond donors (Lipinski definition) is 0. The largest absolute Gasteiger partial charge is 0.469 e. The fraction of sp³-hybridized carbons (Fsp3) is 0.333. The molecule has 6 nitrogen and oxygen atoms in total. The lowest BCUT2D eigenvalue weighted by Gasteiger charge is -2.09. The molecule has 0 bridgehead atoms. The second-order valence-corrected chi connectivity index (χ2v) is 4.16. The molecule has 0 saturated carbocycles.